The summed E-state index contributed by atoms with van der Waals surface area (Å²) in [5, 5.41) is -2.47. The number of aromatic amines is 1. The van der Waals surface area contributed by atoms with Crippen LogP contribution < -0.4 is 11.2 Å². The van der Waals surface area contributed by atoms with Gasteiger partial charge in [-0.05, 0) is 0 Å². The van der Waals surface area contributed by atoms with Gasteiger partial charge < -0.3 is 14.2 Å². The molecule has 0 aromatic carbocycles. The maximum absolute atomic E-state index is 14.7. The minimum absolute atomic E-state index is 0.0471. The number of nitrogens with zero attached hydrogens (tertiary/aromatic N) is 1. The van der Waals surface area contributed by atoms with Gasteiger partial charge >= 0.3 is 5.69 Å². The third kappa shape index (κ3) is 2.51. The first kappa shape index (κ1) is 15.2. The number of H-pyrrole nitrogens is 1. The van der Waals surface area contributed by atoms with Crippen molar-refractivity contribution in [3.63, 3.8) is 0 Å². The van der Waals surface area contributed by atoms with Gasteiger partial charge in [-0.2, -0.15) is 0 Å². The largest absolute Gasteiger partial charge is 0.382 e. The summed E-state index contributed by atoms with van der Waals surface area (Å²) in [5.74, 6) is 0. The quantitative estimate of drug-likeness (QED) is 0.792. The summed E-state index contributed by atoms with van der Waals surface area (Å²) in [5.41, 5.74) is -1.42. The highest BCUT2D eigenvalue weighted by Crippen LogP contribution is 2.45. The van der Waals surface area contributed by atoms with Crippen LogP contribution in [0, 0.1) is 0 Å². The molecule has 7 nitrogen and oxygen atoms in total. The minimum Gasteiger partial charge on any atom is -0.382 e. The summed E-state index contributed by atoms with van der Waals surface area (Å²) in [7, 11) is 2.70. The van der Waals surface area contributed by atoms with Crippen LogP contribution in [-0.2, 0) is 14.2 Å². The predicted molar refractivity (Wildman–Crippen MR) is 67.6 cm³/mol. The molecule has 1 saturated heterocycles. The monoisotopic (exact) mass is 308 g/mol. The van der Waals surface area contributed by atoms with Crippen LogP contribution in [-0.4, -0.2) is 47.7 Å². The lowest BCUT2D eigenvalue weighted by atomic mass is 10.1. The Kier molecular flexibility index (Phi) is 4.28. The fraction of sp³-hybridized carbons (Fsp3) is 0.636. The second-order valence-electron chi connectivity index (χ2n) is 4.33. The third-order valence-electron chi connectivity index (χ3n) is 3.04. The molecule has 112 valence electrons. The number of rotatable bonds is 4. The highest BCUT2D eigenvalue weighted by Gasteiger charge is 2.58. The molecule has 0 saturated carbocycles. The van der Waals surface area contributed by atoms with Crippen molar-refractivity contribution in [2.24, 2.45) is 0 Å². The summed E-state index contributed by atoms with van der Waals surface area (Å²) in [6.07, 6.45) is -2.22. The Morgan fingerprint density at radius 2 is 2.25 bits per heavy atom. The molecule has 1 aromatic heterocycles. The first-order valence-corrected chi connectivity index (χ1v) is 6.16. The van der Waals surface area contributed by atoms with Crippen molar-refractivity contribution in [3.8, 4) is 0 Å². The van der Waals surface area contributed by atoms with Crippen molar-refractivity contribution < 1.29 is 18.6 Å². The zero-order chi connectivity index (χ0) is 14.9. The van der Waals surface area contributed by atoms with E-state index in [0.717, 1.165) is 16.8 Å². The molecule has 1 aliphatic rings. The van der Waals surface area contributed by atoms with Crippen molar-refractivity contribution in [2.45, 2.75) is 23.6 Å². The van der Waals surface area contributed by atoms with Crippen molar-refractivity contribution in [2.75, 3.05) is 20.8 Å². The molecular weight excluding hydrogens is 295 g/mol. The second-order valence-corrected chi connectivity index (χ2v) is 4.91. The summed E-state index contributed by atoms with van der Waals surface area (Å²) in [4.78, 5) is 24.7. The Bertz CT molecular complexity index is 587. The van der Waals surface area contributed by atoms with Gasteiger partial charge in [0.25, 0.3) is 10.7 Å². The van der Waals surface area contributed by atoms with Gasteiger partial charge in [0, 0.05) is 26.5 Å². The number of hydrogen-bond donors (Lipinski definition) is 1. The highest BCUT2D eigenvalue weighted by molar-refractivity contribution is 6.23. The number of halogens is 2. The van der Waals surface area contributed by atoms with E-state index in [4.69, 9.17) is 25.8 Å². The SMILES string of the molecule is COC[C@H]1O[C@@H](n2ccc(=O)[nH]c2=O)[C@@](F)(Cl)[C@@H]1OC. The zero-order valence-corrected chi connectivity index (χ0v) is 11.6. The van der Waals surface area contributed by atoms with Crippen LogP contribution in [0.2, 0.25) is 0 Å². The Morgan fingerprint density at radius 3 is 2.80 bits per heavy atom. The van der Waals surface area contributed by atoms with Crippen molar-refractivity contribution in [3.05, 3.63) is 33.1 Å². The molecule has 2 rings (SSSR count). The normalized spacial score (nSPS) is 33.5. The minimum atomic E-state index is -2.47. The van der Waals surface area contributed by atoms with Gasteiger partial charge in [0.15, 0.2) is 6.23 Å². The molecule has 1 N–H and O–H groups in total. The van der Waals surface area contributed by atoms with Crippen molar-refractivity contribution in [1.82, 2.24) is 9.55 Å². The Balaban J connectivity index is 2.41. The molecule has 0 aliphatic carbocycles. The fourth-order valence-electron chi connectivity index (χ4n) is 2.18. The standard InChI is InChI=1S/C11H14ClFN2O5/c1-18-5-6-8(19-2)11(12,13)9(20-6)15-4-3-7(16)14-10(15)17/h3-4,6,8-9H,5H2,1-2H3,(H,14,16,17)/t6-,8-,9-,11-/m1/s1. The van der Waals surface area contributed by atoms with E-state index in [9.17, 15) is 14.0 Å². The lowest BCUT2D eigenvalue weighted by Crippen LogP contribution is -2.43. The number of alkyl halides is 2. The molecule has 0 spiro atoms. The highest BCUT2D eigenvalue weighted by atomic mass is 35.5. The molecule has 9 heteroatoms. The van der Waals surface area contributed by atoms with Gasteiger partial charge in [-0.15, -0.1) is 0 Å². The van der Waals surface area contributed by atoms with E-state index >= 15 is 0 Å². The first-order chi connectivity index (χ1) is 9.41. The molecule has 0 radical (unpaired) electrons. The topological polar surface area (TPSA) is 82.5 Å². The first-order valence-electron chi connectivity index (χ1n) is 5.78. The Hall–Kier alpha value is -1.22. The van der Waals surface area contributed by atoms with Gasteiger partial charge in [-0.3, -0.25) is 14.3 Å². The van der Waals surface area contributed by atoms with Crippen LogP contribution in [0.25, 0.3) is 0 Å². The zero-order valence-electron chi connectivity index (χ0n) is 10.8. The Labute approximate surface area is 118 Å². The van der Waals surface area contributed by atoms with Crippen molar-refractivity contribution in [1.29, 1.82) is 0 Å². The van der Waals surface area contributed by atoms with E-state index in [1.807, 2.05) is 4.98 Å². The summed E-state index contributed by atoms with van der Waals surface area (Å²) in [6, 6.07) is 1.07. The van der Waals surface area contributed by atoms with E-state index in [-0.39, 0.29) is 6.61 Å². The molecule has 20 heavy (non-hydrogen) atoms. The Morgan fingerprint density at radius 1 is 1.55 bits per heavy atom. The summed E-state index contributed by atoms with van der Waals surface area (Å²) >= 11 is 5.85. The van der Waals surface area contributed by atoms with Crippen molar-refractivity contribution >= 4 is 11.6 Å². The second kappa shape index (κ2) is 5.65. The average molecular weight is 309 g/mol. The number of aromatic nitrogens is 2. The van der Waals surface area contributed by atoms with Crippen LogP contribution in [0.5, 0.6) is 0 Å². The van der Waals surface area contributed by atoms with E-state index in [1.165, 1.54) is 14.2 Å². The number of nitrogens with one attached hydrogen (secondary N) is 1. The lowest BCUT2D eigenvalue weighted by Gasteiger charge is -2.24. The molecule has 1 aliphatic heterocycles. The van der Waals surface area contributed by atoms with Crippen LogP contribution in [0.1, 0.15) is 6.23 Å². The van der Waals surface area contributed by atoms with Gasteiger partial charge in [-0.1, -0.05) is 11.6 Å². The van der Waals surface area contributed by atoms with E-state index in [2.05, 4.69) is 0 Å². The molecule has 0 bridgehead atoms. The number of hydrogen-bond acceptors (Lipinski definition) is 5. The molecular formula is C11H14ClFN2O5. The molecule has 0 unspecified atom stereocenters. The smallest absolute Gasteiger partial charge is 0.330 e. The molecule has 0 amide bonds. The average Bonchev–Trinajstić information content (AvgIpc) is 2.61. The van der Waals surface area contributed by atoms with Crippen LogP contribution in [0.15, 0.2) is 21.9 Å². The lowest BCUT2D eigenvalue weighted by molar-refractivity contribution is -0.0632. The number of methoxy groups -OCH3 is 2. The van der Waals surface area contributed by atoms with Gasteiger partial charge in [0.05, 0.1) is 6.61 Å². The van der Waals surface area contributed by atoms with Crippen LogP contribution in [0.3, 0.4) is 0 Å². The van der Waals surface area contributed by atoms with Crippen LogP contribution in [0.4, 0.5) is 4.39 Å². The summed E-state index contributed by atoms with van der Waals surface area (Å²) in [6.45, 7) is 0.0471. The maximum Gasteiger partial charge on any atom is 0.330 e. The van der Waals surface area contributed by atoms with Gasteiger partial charge in [0.1, 0.15) is 12.2 Å². The van der Waals surface area contributed by atoms with E-state index in [0.29, 0.717) is 0 Å². The summed E-state index contributed by atoms with van der Waals surface area (Å²) < 4.78 is 30.9. The van der Waals surface area contributed by atoms with Crippen LogP contribution >= 0.6 is 11.6 Å². The number of ether oxygens (including phenoxy) is 3. The predicted octanol–water partition coefficient (Wildman–Crippen LogP) is -0.000000000000000167. The van der Waals surface area contributed by atoms with E-state index in [1.54, 1.807) is 0 Å². The fourth-order valence-corrected chi connectivity index (χ4v) is 2.57. The maximum atomic E-state index is 14.7. The molecule has 1 aromatic rings. The molecule has 4 atom stereocenters. The van der Waals surface area contributed by atoms with Gasteiger partial charge in [0.2, 0.25) is 0 Å². The third-order valence-corrected chi connectivity index (χ3v) is 3.44. The van der Waals surface area contributed by atoms with E-state index < -0.39 is 34.8 Å². The molecule has 1 fully saturated rings. The molecule has 2 heterocycles. The van der Waals surface area contributed by atoms with Gasteiger partial charge in [-0.25, -0.2) is 9.18 Å².